The molecule has 0 radical (unpaired) electrons. The standard InChI is InChI=1S/C8H13ClN2O2S/c1-6(2)4-11-5-8(7(3)10-11)14(9,12)13/h5-6H,4H2,1-3H3. The Labute approximate surface area is 88.3 Å². The molecule has 80 valence electrons. The van der Waals surface area contributed by atoms with Gasteiger partial charge in [-0.1, -0.05) is 13.8 Å². The average molecular weight is 237 g/mol. The van der Waals surface area contributed by atoms with E-state index in [1.165, 1.54) is 6.20 Å². The molecule has 0 spiro atoms. The highest BCUT2D eigenvalue weighted by Gasteiger charge is 2.17. The fraction of sp³-hybridized carbons (Fsp3) is 0.625. The molecule has 1 aromatic rings. The van der Waals surface area contributed by atoms with Gasteiger partial charge in [0, 0.05) is 23.4 Å². The zero-order valence-electron chi connectivity index (χ0n) is 8.36. The van der Waals surface area contributed by atoms with Crippen LogP contribution in [0, 0.1) is 12.8 Å². The van der Waals surface area contributed by atoms with Crippen LogP contribution >= 0.6 is 10.7 Å². The summed E-state index contributed by atoms with van der Waals surface area (Å²) in [5.41, 5.74) is 0.445. The van der Waals surface area contributed by atoms with Crippen LogP contribution in [-0.2, 0) is 15.6 Å². The van der Waals surface area contributed by atoms with Gasteiger partial charge in [0.1, 0.15) is 4.90 Å². The molecule has 0 atom stereocenters. The predicted octanol–water partition coefficient (Wildman–Crippen LogP) is 1.78. The van der Waals surface area contributed by atoms with Gasteiger partial charge in [-0.15, -0.1) is 0 Å². The molecule has 0 aliphatic rings. The van der Waals surface area contributed by atoms with Crippen LogP contribution in [0.4, 0.5) is 0 Å². The van der Waals surface area contributed by atoms with E-state index in [0.717, 1.165) is 0 Å². The van der Waals surface area contributed by atoms with Crippen LogP contribution in [0.15, 0.2) is 11.1 Å². The Morgan fingerprint density at radius 3 is 2.50 bits per heavy atom. The molecular formula is C8H13ClN2O2S. The van der Waals surface area contributed by atoms with Gasteiger partial charge in [0.25, 0.3) is 9.05 Å². The van der Waals surface area contributed by atoms with Crippen molar-refractivity contribution in [2.45, 2.75) is 32.2 Å². The maximum atomic E-state index is 11.1. The second-order valence-electron chi connectivity index (χ2n) is 3.63. The first kappa shape index (κ1) is 11.5. The minimum absolute atomic E-state index is 0.0971. The van der Waals surface area contributed by atoms with Crippen molar-refractivity contribution in [2.75, 3.05) is 0 Å². The summed E-state index contributed by atoms with van der Waals surface area (Å²) in [7, 11) is 1.57. The van der Waals surface area contributed by atoms with Crippen molar-refractivity contribution in [1.82, 2.24) is 9.78 Å². The van der Waals surface area contributed by atoms with E-state index in [1.54, 1.807) is 11.6 Å². The fourth-order valence-electron chi connectivity index (χ4n) is 1.21. The van der Waals surface area contributed by atoms with Crippen molar-refractivity contribution >= 4 is 19.7 Å². The Morgan fingerprint density at radius 1 is 1.57 bits per heavy atom. The largest absolute Gasteiger partial charge is 0.271 e. The van der Waals surface area contributed by atoms with Crippen LogP contribution in [0.1, 0.15) is 19.5 Å². The zero-order valence-corrected chi connectivity index (χ0v) is 9.93. The van der Waals surface area contributed by atoms with E-state index in [9.17, 15) is 8.42 Å². The second-order valence-corrected chi connectivity index (χ2v) is 6.17. The Morgan fingerprint density at radius 2 is 2.14 bits per heavy atom. The van der Waals surface area contributed by atoms with Crippen LogP contribution in [-0.4, -0.2) is 18.2 Å². The van der Waals surface area contributed by atoms with Gasteiger partial charge < -0.3 is 0 Å². The first-order valence-electron chi connectivity index (χ1n) is 4.29. The molecule has 1 aromatic heterocycles. The number of hydrogen-bond acceptors (Lipinski definition) is 3. The molecule has 6 heteroatoms. The van der Waals surface area contributed by atoms with E-state index >= 15 is 0 Å². The van der Waals surface area contributed by atoms with Crippen LogP contribution in [0.3, 0.4) is 0 Å². The molecule has 0 bridgehead atoms. The van der Waals surface area contributed by atoms with Gasteiger partial charge in [-0.05, 0) is 12.8 Å². The van der Waals surface area contributed by atoms with Crippen LogP contribution in [0.5, 0.6) is 0 Å². The van der Waals surface area contributed by atoms with Gasteiger partial charge in [0.05, 0.1) is 5.69 Å². The molecule has 0 saturated carbocycles. The molecule has 0 saturated heterocycles. The average Bonchev–Trinajstić information content (AvgIpc) is 2.27. The van der Waals surface area contributed by atoms with Crippen molar-refractivity contribution in [3.63, 3.8) is 0 Å². The lowest BCUT2D eigenvalue weighted by Gasteiger charge is -2.02. The number of rotatable bonds is 3. The summed E-state index contributed by atoms with van der Waals surface area (Å²) in [4.78, 5) is 0.0971. The summed E-state index contributed by atoms with van der Waals surface area (Å²) in [6.07, 6.45) is 1.47. The summed E-state index contributed by atoms with van der Waals surface area (Å²) in [6.45, 7) is 6.39. The number of hydrogen-bond donors (Lipinski definition) is 0. The van der Waals surface area contributed by atoms with E-state index in [-0.39, 0.29) is 4.90 Å². The molecule has 0 unspecified atom stereocenters. The monoisotopic (exact) mass is 236 g/mol. The SMILES string of the molecule is Cc1nn(CC(C)C)cc1S(=O)(=O)Cl. The summed E-state index contributed by atoms with van der Waals surface area (Å²) in [5, 5.41) is 4.07. The Kier molecular flexibility index (Phi) is 3.21. The number of nitrogens with zero attached hydrogens (tertiary/aromatic N) is 2. The minimum atomic E-state index is -3.66. The molecular weight excluding hydrogens is 224 g/mol. The summed E-state index contributed by atoms with van der Waals surface area (Å²) in [6, 6.07) is 0. The third kappa shape index (κ3) is 2.72. The van der Waals surface area contributed by atoms with E-state index in [4.69, 9.17) is 10.7 Å². The molecule has 0 aliphatic carbocycles. The lowest BCUT2D eigenvalue weighted by Crippen LogP contribution is -2.04. The molecule has 0 N–H and O–H groups in total. The molecule has 0 aromatic carbocycles. The zero-order chi connectivity index (χ0) is 10.9. The highest BCUT2D eigenvalue weighted by Crippen LogP contribution is 2.18. The first-order chi connectivity index (χ1) is 6.30. The molecule has 0 amide bonds. The molecule has 0 aliphatic heterocycles. The normalized spacial score (nSPS) is 12.4. The second kappa shape index (κ2) is 3.90. The Bertz CT molecular complexity index is 423. The molecule has 1 heterocycles. The molecule has 14 heavy (non-hydrogen) atoms. The van der Waals surface area contributed by atoms with Crippen molar-refractivity contribution in [1.29, 1.82) is 0 Å². The third-order valence-electron chi connectivity index (χ3n) is 1.72. The highest BCUT2D eigenvalue weighted by atomic mass is 35.7. The van der Waals surface area contributed by atoms with Gasteiger partial charge in [-0.25, -0.2) is 8.42 Å². The van der Waals surface area contributed by atoms with E-state index in [1.807, 2.05) is 13.8 Å². The van der Waals surface area contributed by atoms with Crippen LogP contribution in [0.2, 0.25) is 0 Å². The predicted molar refractivity (Wildman–Crippen MR) is 54.8 cm³/mol. The van der Waals surface area contributed by atoms with Crippen molar-refractivity contribution < 1.29 is 8.42 Å². The van der Waals surface area contributed by atoms with Crippen LogP contribution < -0.4 is 0 Å². The molecule has 1 rings (SSSR count). The van der Waals surface area contributed by atoms with Gasteiger partial charge in [-0.3, -0.25) is 4.68 Å². The fourth-order valence-corrected chi connectivity index (χ4v) is 2.30. The van der Waals surface area contributed by atoms with E-state index in [0.29, 0.717) is 18.2 Å². The van der Waals surface area contributed by atoms with Crippen molar-refractivity contribution in [2.24, 2.45) is 5.92 Å². The van der Waals surface area contributed by atoms with E-state index < -0.39 is 9.05 Å². The first-order valence-corrected chi connectivity index (χ1v) is 6.60. The molecule has 0 fully saturated rings. The van der Waals surface area contributed by atoms with Gasteiger partial charge >= 0.3 is 0 Å². The lowest BCUT2D eigenvalue weighted by molar-refractivity contribution is 0.480. The Hall–Kier alpha value is -0.550. The van der Waals surface area contributed by atoms with Gasteiger partial charge in [-0.2, -0.15) is 5.10 Å². The quantitative estimate of drug-likeness (QED) is 0.752. The number of aromatic nitrogens is 2. The van der Waals surface area contributed by atoms with Gasteiger partial charge in [0.15, 0.2) is 0 Å². The van der Waals surface area contributed by atoms with Crippen molar-refractivity contribution in [3.8, 4) is 0 Å². The summed E-state index contributed by atoms with van der Waals surface area (Å²) in [5.74, 6) is 0.417. The minimum Gasteiger partial charge on any atom is -0.271 e. The smallest absolute Gasteiger partial charge is 0.264 e. The number of aryl methyl sites for hydroxylation is 1. The third-order valence-corrected chi connectivity index (χ3v) is 3.14. The van der Waals surface area contributed by atoms with Crippen LogP contribution in [0.25, 0.3) is 0 Å². The summed E-state index contributed by atoms with van der Waals surface area (Å²) >= 11 is 0. The maximum absolute atomic E-state index is 11.1. The highest BCUT2D eigenvalue weighted by molar-refractivity contribution is 8.13. The van der Waals surface area contributed by atoms with E-state index in [2.05, 4.69) is 5.10 Å². The molecule has 4 nitrogen and oxygen atoms in total. The summed E-state index contributed by atoms with van der Waals surface area (Å²) < 4.78 is 23.7. The van der Waals surface area contributed by atoms with Crippen molar-refractivity contribution in [3.05, 3.63) is 11.9 Å². The lowest BCUT2D eigenvalue weighted by atomic mass is 10.2. The Balaban J connectivity index is 3.06. The maximum Gasteiger partial charge on any atom is 0.264 e. The topological polar surface area (TPSA) is 52.0 Å². The number of halogens is 1. The van der Waals surface area contributed by atoms with Gasteiger partial charge in [0.2, 0.25) is 0 Å².